The number of halogens is 3. The van der Waals surface area contributed by atoms with E-state index in [1.54, 1.807) is 24.7 Å². The monoisotopic (exact) mass is 598 g/mol. The summed E-state index contributed by atoms with van der Waals surface area (Å²) in [5.41, 5.74) is 2.11. The molecular weight excluding hydrogens is 565 g/mol. The molecule has 4 aromatic heterocycles. The van der Waals surface area contributed by atoms with E-state index < -0.39 is 24.0 Å². The van der Waals surface area contributed by atoms with Crippen LogP contribution in [0.5, 0.6) is 11.5 Å². The van der Waals surface area contributed by atoms with Gasteiger partial charge in [0.2, 0.25) is 5.76 Å². The molecule has 0 aliphatic carbocycles. The van der Waals surface area contributed by atoms with Gasteiger partial charge in [0.05, 0.1) is 17.3 Å². The van der Waals surface area contributed by atoms with Crippen molar-refractivity contribution in [3.63, 3.8) is 0 Å². The molecule has 4 aromatic rings. The Balaban J connectivity index is 1.18. The summed E-state index contributed by atoms with van der Waals surface area (Å²) in [5.74, 6) is -0.141. The molecule has 0 bridgehead atoms. The van der Waals surface area contributed by atoms with E-state index >= 15 is 0 Å². The van der Waals surface area contributed by atoms with Gasteiger partial charge in [-0.15, -0.1) is 0 Å². The van der Waals surface area contributed by atoms with Crippen molar-refractivity contribution >= 4 is 23.1 Å². The number of hydrogen-bond donors (Lipinski definition) is 2. The lowest BCUT2D eigenvalue weighted by molar-refractivity contribution is -0.153. The standard InChI is InChI=1S/C29H33F3N8O3/c1-3-18-15-40(16-19-13-20(14-35-24(18)19)42-23-6-8-34-26-21(23)5-7-33-26)28(41)37-27-36-22(25(43-27)29(30,31)32)17-39-11-9-38(4-2)10-12-39/h5-8,13-14,18H,3-4,9-12,15-17H2,1-2H3,(H,33,34)(H,36,37,41). The van der Waals surface area contributed by atoms with Gasteiger partial charge in [0.15, 0.2) is 0 Å². The van der Waals surface area contributed by atoms with Crippen molar-refractivity contribution in [2.24, 2.45) is 0 Å². The fraction of sp³-hybridized carbons (Fsp3) is 0.448. The summed E-state index contributed by atoms with van der Waals surface area (Å²) in [7, 11) is 0. The maximum absolute atomic E-state index is 13.8. The number of likely N-dealkylation sites (N-methyl/N-ethyl adjacent to an activating group) is 1. The molecule has 1 fully saturated rings. The highest BCUT2D eigenvalue weighted by molar-refractivity contribution is 5.87. The molecule has 2 aliphatic rings. The number of pyridine rings is 2. The molecule has 0 aromatic carbocycles. The Hall–Kier alpha value is -4.17. The highest BCUT2D eigenvalue weighted by atomic mass is 19.4. The van der Waals surface area contributed by atoms with E-state index in [0.717, 1.165) is 36.3 Å². The molecule has 0 spiro atoms. The Morgan fingerprint density at radius 3 is 2.70 bits per heavy atom. The second-order valence-corrected chi connectivity index (χ2v) is 10.8. The predicted molar refractivity (Wildman–Crippen MR) is 152 cm³/mol. The number of fused-ring (bicyclic) bond motifs is 2. The van der Waals surface area contributed by atoms with Crippen LogP contribution in [0.15, 0.2) is 41.2 Å². The summed E-state index contributed by atoms with van der Waals surface area (Å²) in [6.07, 6.45) is 1.05. The normalized spacial score (nSPS) is 18.2. The first-order chi connectivity index (χ1) is 20.7. The van der Waals surface area contributed by atoms with Crippen molar-refractivity contribution in [1.29, 1.82) is 0 Å². The van der Waals surface area contributed by atoms with E-state index in [0.29, 0.717) is 43.2 Å². The Bertz CT molecular complexity index is 1600. The number of piperazine rings is 1. The number of nitrogens with zero attached hydrogens (tertiary/aromatic N) is 6. The van der Waals surface area contributed by atoms with Gasteiger partial charge in [-0.1, -0.05) is 13.8 Å². The lowest BCUT2D eigenvalue weighted by Gasteiger charge is -2.33. The number of ether oxygens (including phenoxy) is 1. The molecule has 2 amide bonds. The lowest BCUT2D eigenvalue weighted by atomic mass is 9.93. The van der Waals surface area contributed by atoms with Crippen LogP contribution in [0.4, 0.5) is 24.0 Å². The number of amides is 2. The van der Waals surface area contributed by atoms with Gasteiger partial charge >= 0.3 is 18.2 Å². The zero-order valence-electron chi connectivity index (χ0n) is 23.9. The van der Waals surface area contributed by atoms with E-state index in [9.17, 15) is 18.0 Å². The van der Waals surface area contributed by atoms with Crippen molar-refractivity contribution in [3.05, 3.63) is 59.5 Å². The van der Waals surface area contributed by atoms with E-state index in [-0.39, 0.29) is 24.7 Å². The Labute approximate surface area is 246 Å². The molecule has 43 heavy (non-hydrogen) atoms. The number of aromatic amines is 1. The highest BCUT2D eigenvalue weighted by Crippen LogP contribution is 2.36. The number of carbonyl (C=O) groups excluding carboxylic acids is 1. The maximum Gasteiger partial charge on any atom is 0.451 e. The number of hydrogen-bond acceptors (Lipinski definition) is 8. The van der Waals surface area contributed by atoms with Gasteiger partial charge in [-0.3, -0.25) is 15.2 Å². The average Bonchev–Trinajstić information content (AvgIpc) is 3.64. The molecule has 1 saturated heterocycles. The largest absolute Gasteiger partial charge is 0.455 e. The maximum atomic E-state index is 13.8. The molecular formula is C29H33F3N8O3. The molecule has 228 valence electrons. The van der Waals surface area contributed by atoms with Crippen LogP contribution in [0, 0.1) is 0 Å². The number of urea groups is 1. The summed E-state index contributed by atoms with van der Waals surface area (Å²) >= 11 is 0. The van der Waals surface area contributed by atoms with Gasteiger partial charge in [-0.05, 0) is 36.7 Å². The Morgan fingerprint density at radius 1 is 1.16 bits per heavy atom. The zero-order chi connectivity index (χ0) is 30.1. The zero-order valence-corrected chi connectivity index (χ0v) is 23.9. The van der Waals surface area contributed by atoms with Gasteiger partial charge in [0, 0.05) is 64.1 Å². The summed E-state index contributed by atoms with van der Waals surface area (Å²) in [6.45, 7) is 8.28. The number of nitrogens with one attached hydrogen (secondary N) is 2. The van der Waals surface area contributed by atoms with Gasteiger partial charge in [0.1, 0.15) is 22.8 Å². The number of carbonyl (C=O) groups is 1. The first kappa shape index (κ1) is 28.9. The van der Waals surface area contributed by atoms with Crippen molar-refractivity contribution < 1.29 is 27.1 Å². The number of anilines is 1. The van der Waals surface area contributed by atoms with E-state index in [1.807, 2.05) is 24.0 Å². The molecule has 2 N–H and O–H groups in total. The Morgan fingerprint density at radius 2 is 1.95 bits per heavy atom. The third-order valence-corrected chi connectivity index (χ3v) is 8.05. The lowest BCUT2D eigenvalue weighted by Crippen LogP contribution is -2.45. The van der Waals surface area contributed by atoms with Crippen LogP contribution in [0.3, 0.4) is 0 Å². The van der Waals surface area contributed by atoms with Crippen LogP contribution in [-0.2, 0) is 19.3 Å². The van der Waals surface area contributed by atoms with Crippen LogP contribution in [0.2, 0.25) is 0 Å². The van der Waals surface area contributed by atoms with Gasteiger partial charge in [-0.25, -0.2) is 9.78 Å². The van der Waals surface area contributed by atoms with Gasteiger partial charge in [-0.2, -0.15) is 18.2 Å². The van der Waals surface area contributed by atoms with Crippen LogP contribution in [0.25, 0.3) is 11.0 Å². The van der Waals surface area contributed by atoms with Crippen molar-refractivity contribution in [1.82, 2.24) is 34.6 Å². The molecule has 1 unspecified atom stereocenters. The second-order valence-electron chi connectivity index (χ2n) is 10.8. The van der Waals surface area contributed by atoms with Crippen LogP contribution in [-0.4, -0.2) is 79.9 Å². The molecule has 6 rings (SSSR count). The van der Waals surface area contributed by atoms with Gasteiger partial charge in [0.25, 0.3) is 0 Å². The molecule has 6 heterocycles. The van der Waals surface area contributed by atoms with Crippen LogP contribution >= 0.6 is 0 Å². The number of rotatable bonds is 7. The minimum Gasteiger partial charge on any atom is -0.455 e. The number of aromatic nitrogens is 4. The minimum atomic E-state index is -4.74. The SMILES string of the molecule is CCC1CN(C(=O)Nc2nc(CN3CCN(CC)CC3)c(C(F)(F)F)o2)Cc2cc(Oc3ccnc4[nH]ccc34)cnc21. The quantitative estimate of drug-likeness (QED) is 0.289. The summed E-state index contributed by atoms with van der Waals surface area (Å²) in [5, 5.41) is 3.28. The summed E-state index contributed by atoms with van der Waals surface area (Å²) in [6, 6.07) is 4.40. The topological polar surface area (TPSA) is 116 Å². The molecule has 2 aliphatic heterocycles. The summed E-state index contributed by atoms with van der Waals surface area (Å²) in [4.78, 5) is 35.0. The minimum absolute atomic E-state index is 0.0122. The number of alkyl halides is 3. The van der Waals surface area contributed by atoms with Crippen LogP contribution in [0.1, 0.15) is 48.9 Å². The second kappa shape index (κ2) is 11.8. The fourth-order valence-corrected chi connectivity index (χ4v) is 5.68. The number of oxazole rings is 1. The smallest absolute Gasteiger partial charge is 0.451 e. The number of H-pyrrole nitrogens is 1. The first-order valence-corrected chi connectivity index (χ1v) is 14.4. The summed E-state index contributed by atoms with van der Waals surface area (Å²) < 4.78 is 52.7. The van der Waals surface area contributed by atoms with Crippen molar-refractivity contribution in [2.45, 2.75) is 45.5 Å². The molecule has 14 heteroatoms. The third kappa shape index (κ3) is 6.15. The van der Waals surface area contributed by atoms with Crippen LogP contribution < -0.4 is 10.1 Å². The van der Waals surface area contributed by atoms with E-state index in [2.05, 4.69) is 37.1 Å². The molecule has 1 atom stereocenters. The van der Waals surface area contributed by atoms with Gasteiger partial charge < -0.3 is 23.9 Å². The molecule has 11 nitrogen and oxygen atoms in total. The van der Waals surface area contributed by atoms with E-state index in [1.165, 1.54) is 4.90 Å². The Kier molecular flexibility index (Phi) is 7.97. The van der Waals surface area contributed by atoms with E-state index in [4.69, 9.17) is 9.15 Å². The van der Waals surface area contributed by atoms with Crippen molar-refractivity contribution in [2.75, 3.05) is 44.6 Å². The fourth-order valence-electron chi connectivity index (χ4n) is 5.68. The van der Waals surface area contributed by atoms with Crippen molar-refractivity contribution in [3.8, 4) is 11.5 Å². The molecule has 0 saturated carbocycles. The first-order valence-electron chi connectivity index (χ1n) is 14.4. The predicted octanol–water partition coefficient (Wildman–Crippen LogP) is 5.44. The molecule has 0 radical (unpaired) electrons. The third-order valence-electron chi connectivity index (χ3n) is 8.05. The average molecular weight is 599 g/mol. The highest BCUT2D eigenvalue weighted by Gasteiger charge is 2.40.